The zero-order valence-electron chi connectivity index (χ0n) is 10.8. The fraction of sp³-hybridized carbons (Fsp3) is 0.538. The minimum Gasteiger partial charge on any atom is -0.397 e. The van der Waals surface area contributed by atoms with Gasteiger partial charge in [-0.3, -0.25) is 0 Å². The maximum atomic E-state index is 13.6. The Labute approximate surface area is 120 Å². The number of nitrogens with zero attached hydrogens (tertiary/aromatic N) is 1. The molecule has 0 radical (unpaired) electrons. The van der Waals surface area contributed by atoms with Gasteiger partial charge in [0, 0.05) is 45.7 Å². The van der Waals surface area contributed by atoms with Crippen molar-refractivity contribution in [1.29, 1.82) is 0 Å². The van der Waals surface area contributed by atoms with Crippen LogP contribution in [0.3, 0.4) is 0 Å². The first kappa shape index (κ1) is 14.6. The van der Waals surface area contributed by atoms with E-state index < -0.39 is 5.60 Å². The van der Waals surface area contributed by atoms with Gasteiger partial charge in [0.05, 0.1) is 21.4 Å². The highest BCUT2D eigenvalue weighted by atomic mass is 79.9. The van der Waals surface area contributed by atoms with Crippen molar-refractivity contribution >= 4 is 27.3 Å². The SMILES string of the molecule is CN(CC1(O)CCOCC1)c1cc(F)c(Br)cc1N. The first-order valence-corrected chi connectivity index (χ1v) is 6.96. The topological polar surface area (TPSA) is 58.7 Å². The summed E-state index contributed by atoms with van der Waals surface area (Å²) in [6.07, 6.45) is 1.16. The van der Waals surface area contributed by atoms with Gasteiger partial charge in [0.1, 0.15) is 5.82 Å². The number of hydrogen-bond donors (Lipinski definition) is 2. The summed E-state index contributed by atoms with van der Waals surface area (Å²) in [5, 5.41) is 10.5. The summed E-state index contributed by atoms with van der Waals surface area (Å²) < 4.78 is 19.2. The maximum Gasteiger partial charge on any atom is 0.139 e. The molecule has 1 fully saturated rings. The van der Waals surface area contributed by atoms with Gasteiger partial charge in [0.15, 0.2) is 0 Å². The molecule has 1 heterocycles. The second-order valence-corrected chi connectivity index (χ2v) is 5.87. The van der Waals surface area contributed by atoms with Crippen molar-refractivity contribution in [2.75, 3.05) is 37.4 Å². The van der Waals surface area contributed by atoms with Crippen LogP contribution in [0.4, 0.5) is 15.8 Å². The van der Waals surface area contributed by atoms with E-state index >= 15 is 0 Å². The molecule has 0 unspecified atom stereocenters. The molecule has 0 amide bonds. The van der Waals surface area contributed by atoms with Gasteiger partial charge in [-0.2, -0.15) is 0 Å². The van der Waals surface area contributed by atoms with E-state index in [1.807, 2.05) is 0 Å². The monoisotopic (exact) mass is 332 g/mol. The standard InChI is InChI=1S/C13H18BrFN2O2/c1-17(8-13(18)2-4-19-5-3-13)12-7-10(15)9(14)6-11(12)16/h6-7,18H,2-5,8,16H2,1H3. The van der Waals surface area contributed by atoms with Crippen LogP contribution in [0.2, 0.25) is 0 Å². The van der Waals surface area contributed by atoms with Crippen molar-refractivity contribution in [3.05, 3.63) is 22.4 Å². The van der Waals surface area contributed by atoms with Gasteiger partial charge < -0.3 is 20.5 Å². The van der Waals surface area contributed by atoms with E-state index in [2.05, 4.69) is 15.9 Å². The number of nitrogens with two attached hydrogens (primary N) is 1. The summed E-state index contributed by atoms with van der Waals surface area (Å²) in [4.78, 5) is 1.79. The van der Waals surface area contributed by atoms with Crippen molar-refractivity contribution in [1.82, 2.24) is 0 Å². The Kier molecular flexibility index (Phi) is 4.32. The number of aliphatic hydroxyl groups is 1. The number of nitrogen functional groups attached to an aromatic ring is 1. The van der Waals surface area contributed by atoms with Crippen molar-refractivity contribution in [2.24, 2.45) is 0 Å². The summed E-state index contributed by atoms with van der Waals surface area (Å²) in [7, 11) is 1.80. The number of anilines is 2. The quantitative estimate of drug-likeness (QED) is 0.833. The minimum absolute atomic E-state index is 0.340. The predicted octanol–water partition coefficient (Wildman–Crippen LogP) is 2.15. The number of rotatable bonds is 3. The van der Waals surface area contributed by atoms with Gasteiger partial charge in [0.25, 0.3) is 0 Å². The summed E-state index contributed by atoms with van der Waals surface area (Å²) in [5.74, 6) is -0.366. The van der Waals surface area contributed by atoms with Gasteiger partial charge >= 0.3 is 0 Å². The fourth-order valence-electron chi connectivity index (χ4n) is 2.32. The Bertz CT molecular complexity index is 464. The van der Waals surface area contributed by atoms with Crippen molar-refractivity contribution in [3.63, 3.8) is 0 Å². The molecule has 1 aliphatic rings. The molecule has 4 nitrogen and oxygen atoms in total. The van der Waals surface area contributed by atoms with Crippen LogP contribution in [-0.2, 0) is 4.74 Å². The molecule has 3 N–H and O–H groups in total. The Balaban J connectivity index is 2.15. The lowest BCUT2D eigenvalue weighted by molar-refractivity contribution is -0.0572. The predicted molar refractivity (Wildman–Crippen MR) is 76.8 cm³/mol. The molecular formula is C13H18BrFN2O2. The third-order valence-corrected chi connectivity index (χ3v) is 4.04. The molecule has 0 atom stereocenters. The van der Waals surface area contributed by atoms with E-state index in [0.29, 0.717) is 48.4 Å². The van der Waals surface area contributed by atoms with Gasteiger partial charge in [-0.15, -0.1) is 0 Å². The number of likely N-dealkylation sites (N-methyl/N-ethyl adjacent to an activating group) is 1. The number of hydrogen-bond acceptors (Lipinski definition) is 4. The molecule has 1 aromatic carbocycles. The molecule has 0 spiro atoms. The average molecular weight is 333 g/mol. The molecule has 19 heavy (non-hydrogen) atoms. The highest BCUT2D eigenvalue weighted by Crippen LogP contribution is 2.31. The minimum atomic E-state index is -0.803. The van der Waals surface area contributed by atoms with Crippen LogP contribution >= 0.6 is 15.9 Å². The molecule has 1 aromatic rings. The van der Waals surface area contributed by atoms with E-state index in [1.54, 1.807) is 11.9 Å². The number of ether oxygens (including phenoxy) is 1. The second-order valence-electron chi connectivity index (χ2n) is 5.02. The van der Waals surface area contributed by atoms with Crippen LogP contribution < -0.4 is 10.6 Å². The smallest absolute Gasteiger partial charge is 0.139 e. The average Bonchev–Trinajstić information content (AvgIpc) is 2.34. The molecule has 0 saturated carbocycles. The molecule has 2 rings (SSSR count). The normalized spacial score (nSPS) is 18.3. The highest BCUT2D eigenvalue weighted by Gasteiger charge is 2.31. The van der Waals surface area contributed by atoms with Crippen molar-refractivity contribution in [2.45, 2.75) is 18.4 Å². The first-order chi connectivity index (χ1) is 8.91. The summed E-state index contributed by atoms with van der Waals surface area (Å²) in [6.45, 7) is 1.50. The number of benzene rings is 1. The molecule has 6 heteroatoms. The van der Waals surface area contributed by atoms with Crippen LogP contribution in [0.25, 0.3) is 0 Å². The summed E-state index contributed by atoms with van der Waals surface area (Å²) in [5.41, 5.74) is 6.15. The van der Waals surface area contributed by atoms with Crippen LogP contribution in [-0.4, -0.2) is 37.5 Å². The third-order valence-electron chi connectivity index (χ3n) is 3.44. The van der Waals surface area contributed by atoms with Gasteiger partial charge in [0.2, 0.25) is 0 Å². The molecule has 0 aromatic heterocycles. The molecule has 0 aliphatic carbocycles. The van der Waals surface area contributed by atoms with E-state index in [0.717, 1.165) is 0 Å². The van der Waals surface area contributed by atoms with Crippen LogP contribution in [0.15, 0.2) is 16.6 Å². The Morgan fingerprint density at radius 2 is 2.11 bits per heavy atom. The lowest BCUT2D eigenvalue weighted by atomic mass is 9.93. The summed E-state index contributed by atoms with van der Waals surface area (Å²) in [6, 6.07) is 2.91. The molecule has 0 bridgehead atoms. The van der Waals surface area contributed by atoms with E-state index in [-0.39, 0.29) is 5.82 Å². The maximum absolute atomic E-state index is 13.6. The van der Waals surface area contributed by atoms with E-state index in [1.165, 1.54) is 12.1 Å². The molecule has 1 saturated heterocycles. The Morgan fingerprint density at radius 3 is 2.74 bits per heavy atom. The van der Waals surface area contributed by atoms with Crippen LogP contribution in [0.1, 0.15) is 12.8 Å². The third kappa shape index (κ3) is 3.38. The zero-order chi connectivity index (χ0) is 14.0. The Hall–Kier alpha value is -0.850. The van der Waals surface area contributed by atoms with E-state index in [9.17, 15) is 9.50 Å². The van der Waals surface area contributed by atoms with Crippen LogP contribution in [0.5, 0.6) is 0 Å². The van der Waals surface area contributed by atoms with Crippen molar-refractivity contribution in [3.8, 4) is 0 Å². The summed E-state index contributed by atoms with van der Waals surface area (Å²) >= 11 is 3.10. The zero-order valence-corrected chi connectivity index (χ0v) is 12.4. The lowest BCUT2D eigenvalue weighted by Gasteiger charge is -2.36. The number of halogens is 2. The molecule has 1 aliphatic heterocycles. The van der Waals surface area contributed by atoms with E-state index in [4.69, 9.17) is 10.5 Å². The molecular weight excluding hydrogens is 315 g/mol. The van der Waals surface area contributed by atoms with Gasteiger partial charge in [-0.05, 0) is 22.0 Å². The van der Waals surface area contributed by atoms with Gasteiger partial charge in [-0.1, -0.05) is 0 Å². The Morgan fingerprint density at radius 1 is 1.47 bits per heavy atom. The lowest BCUT2D eigenvalue weighted by Crippen LogP contribution is -2.45. The van der Waals surface area contributed by atoms with Gasteiger partial charge in [-0.25, -0.2) is 4.39 Å². The highest BCUT2D eigenvalue weighted by molar-refractivity contribution is 9.10. The molecule has 106 valence electrons. The van der Waals surface area contributed by atoms with Crippen LogP contribution in [0, 0.1) is 5.82 Å². The van der Waals surface area contributed by atoms with Crippen molar-refractivity contribution < 1.29 is 14.2 Å². The first-order valence-electron chi connectivity index (χ1n) is 6.17. The fourth-order valence-corrected chi connectivity index (χ4v) is 2.68. The largest absolute Gasteiger partial charge is 0.397 e. The second kappa shape index (κ2) is 5.64.